The van der Waals surface area contributed by atoms with E-state index in [1.807, 2.05) is 0 Å². The minimum absolute atomic E-state index is 0.0674. The molecule has 2 N–H and O–H groups in total. The number of hydrogen-bond acceptors (Lipinski definition) is 5. The molecule has 4 atom stereocenters. The number of esters is 1. The van der Waals surface area contributed by atoms with Crippen LogP contribution in [0.1, 0.15) is 45.4 Å². The summed E-state index contributed by atoms with van der Waals surface area (Å²) in [5.74, 6) is 0.0323. The summed E-state index contributed by atoms with van der Waals surface area (Å²) < 4.78 is 5.41. The third-order valence-electron chi connectivity index (χ3n) is 6.34. The summed E-state index contributed by atoms with van der Waals surface area (Å²) in [6.07, 6.45) is 6.39. The molecule has 4 fully saturated rings. The van der Waals surface area contributed by atoms with E-state index in [9.17, 15) is 14.4 Å². The van der Waals surface area contributed by atoms with Crippen LogP contribution in [0, 0.1) is 17.3 Å². The van der Waals surface area contributed by atoms with E-state index in [1.54, 1.807) is 0 Å². The summed E-state index contributed by atoms with van der Waals surface area (Å²) >= 11 is 11.8. The van der Waals surface area contributed by atoms with Gasteiger partial charge in [0.25, 0.3) is 5.91 Å². The van der Waals surface area contributed by atoms with Crippen molar-refractivity contribution >= 4 is 46.8 Å². The number of carbonyl (C=O) groups is 3. The molecule has 0 radical (unpaired) electrons. The van der Waals surface area contributed by atoms with Gasteiger partial charge in [-0.3, -0.25) is 14.4 Å². The van der Waals surface area contributed by atoms with Gasteiger partial charge in [-0.25, -0.2) is 4.98 Å². The highest BCUT2D eigenvalue weighted by Crippen LogP contribution is 2.62. The minimum Gasteiger partial charge on any atom is -0.455 e. The van der Waals surface area contributed by atoms with Crippen molar-refractivity contribution < 1.29 is 19.1 Å². The first-order valence-corrected chi connectivity index (χ1v) is 10.5. The SMILES string of the molecule is CC(=O)NC12C[C@H]3C[C@@H](C1)CC(C(=O)OCC(=O)Nc1ncc(Cl)cc1Cl)(C3)C2. The summed E-state index contributed by atoms with van der Waals surface area (Å²) in [4.78, 5) is 40.9. The van der Waals surface area contributed by atoms with Gasteiger partial charge < -0.3 is 15.4 Å². The highest BCUT2D eigenvalue weighted by Gasteiger charge is 2.61. The number of halogens is 2. The summed E-state index contributed by atoms with van der Waals surface area (Å²) in [7, 11) is 0. The van der Waals surface area contributed by atoms with Gasteiger partial charge in [-0.1, -0.05) is 23.2 Å². The molecule has 0 saturated heterocycles. The Balaban J connectivity index is 1.40. The zero-order valence-electron chi connectivity index (χ0n) is 16.1. The maximum atomic E-state index is 13.0. The number of nitrogens with zero attached hydrogens (tertiary/aromatic N) is 1. The van der Waals surface area contributed by atoms with Gasteiger partial charge >= 0.3 is 5.97 Å². The smallest absolute Gasteiger partial charge is 0.312 e. The zero-order chi connectivity index (χ0) is 20.8. The second kappa shape index (κ2) is 7.43. The van der Waals surface area contributed by atoms with E-state index >= 15 is 0 Å². The van der Waals surface area contributed by atoms with Crippen LogP contribution < -0.4 is 10.6 Å². The van der Waals surface area contributed by atoms with E-state index in [1.165, 1.54) is 19.2 Å². The molecule has 9 heteroatoms. The Morgan fingerprint density at radius 3 is 2.52 bits per heavy atom. The lowest BCUT2D eigenvalue weighted by Crippen LogP contribution is -2.64. The maximum absolute atomic E-state index is 13.0. The predicted octanol–water partition coefficient (Wildman–Crippen LogP) is 3.35. The van der Waals surface area contributed by atoms with Crippen LogP contribution in [-0.4, -0.2) is 34.9 Å². The fourth-order valence-electron chi connectivity index (χ4n) is 5.98. The number of nitrogens with one attached hydrogen (secondary N) is 2. The number of aromatic nitrogens is 1. The quantitative estimate of drug-likeness (QED) is 0.685. The molecule has 4 aliphatic carbocycles. The molecule has 156 valence electrons. The molecule has 2 amide bonds. The molecule has 1 heterocycles. The molecule has 1 aromatic heterocycles. The van der Waals surface area contributed by atoms with Gasteiger partial charge in [0, 0.05) is 18.7 Å². The summed E-state index contributed by atoms with van der Waals surface area (Å²) in [6.45, 7) is 1.10. The number of pyridine rings is 1. The molecule has 5 rings (SSSR count). The molecule has 0 spiro atoms. The third kappa shape index (κ3) is 4.08. The van der Waals surface area contributed by atoms with Crippen molar-refractivity contribution in [2.45, 2.75) is 51.0 Å². The predicted molar refractivity (Wildman–Crippen MR) is 108 cm³/mol. The molecule has 2 unspecified atom stereocenters. The maximum Gasteiger partial charge on any atom is 0.312 e. The number of ether oxygens (including phenoxy) is 1. The van der Waals surface area contributed by atoms with Crippen molar-refractivity contribution in [1.29, 1.82) is 0 Å². The van der Waals surface area contributed by atoms with Gasteiger partial charge in [-0.05, 0) is 56.4 Å². The molecule has 4 aliphatic rings. The van der Waals surface area contributed by atoms with Crippen LogP contribution in [0.3, 0.4) is 0 Å². The second-order valence-electron chi connectivity index (χ2n) is 8.81. The minimum atomic E-state index is -0.622. The Morgan fingerprint density at radius 1 is 1.21 bits per heavy atom. The number of hydrogen-bond donors (Lipinski definition) is 2. The van der Waals surface area contributed by atoms with Gasteiger partial charge in [0.05, 0.1) is 15.5 Å². The lowest BCUT2D eigenvalue weighted by atomic mass is 9.47. The van der Waals surface area contributed by atoms with Crippen molar-refractivity contribution in [1.82, 2.24) is 10.3 Å². The monoisotopic (exact) mass is 439 g/mol. The van der Waals surface area contributed by atoms with Gasteiger partial charge in [-0.2, -0.15) is 0 Å². The zero-order valence-corrected chi connectivity index (χ0v) is 17.6. The summed E-state index contributed by atoms with van der Waals surface area (Å²) in [5.41, 5.74) is -0.944. The summed E-state index contributed by atoms with van der Waals surface area (Å²) in [6, 6.07) is 1.47. The van der Waals surface area contributed by atoms with Crippen molar-refractivity contribution in [3.8, 4) is 0 Å². The fraction of sp³-hybridized carbons (Fsp3) is 0.600. The average Bonchev–Trinajstić information content (AvgIpc) is 2.59. The van der Waals surface area contributed by atoms with E-state index in [2.05, 4.69) is 15.6 Å². The van der Waals surface area contributed by atoms with E-state index in [-0.39, 0.29) is 28.3 Å². The first-order valence-electron chi connectivity index (χ1n) is 9.76. The number of anilines is 1. The van der Waals surface area contributed by atoms with Crippen LogP contribution >= 0.6 is 23.2 Å². The van der Waals surface area contributed by atoms with Gasteiger partial charge in [0.2, 0.25) is 5.91 Å². The largest absolute Gasteiger partial charge is 0.455 e. The van der Waals surface area contributed by atoms with Crippen LogP contribution in [0.4, 0.5) is 5.82 Å². The van der Waals surface area contributed by atoms with E-state index < -0.39 is 17.9 Å². The van der Waals surface area contributed by atoms with E-state index in [4.69, 9.17) is 27.9 Å². The molecule has 29 heavy (non-hydrogen) atoms. The topological polar surface area (TPSA) is 97.4 Å². The Morgan fingerprint density at radius 2 is 1.90 bits per heavy atom. The first-order chi connectivity index (χ1) is 13.7. The summed E-state index contributed by atoms with van der Waals surface area (Å²) in [5, 5.41) is 6.20. The van der Waals surface area contributed by atoms with Gasteiger partial charge in [0.1, 0.15) is 0 Å². The molecular formula is C20H23Cl2N3O4. The second-order valence-corrected chi connectivity index (χ2v) is 9.65. The number of amides is 2. The number of carbonyl (C=O) groups excluding carboxylic acids is 3. The van der Waals surface area contributed by atoms with Crippen LogP contribution in [-0.2, 0) is 19.1 Å². The Hall–Kier alpha value is -1.86. The lowest BCUT2D eigenvalue weighted by molar-refractivity contribution is -0.176. The fourth-order valence-corrected chi connectivity index (χ4v) is 6.41. The molecule has 4 saturated carbocycles. The average molecular weight is 440 g/mol. The van der Waals surface area contributed by atoms with Gasteiger partial charge in [-0.15, -0.1) is 0 Å². The van der Waals surface area contributed by atoms with E-state index in [0.717, 1.165) is 32.1 Å². The van der Waals surface area contributed by atoms with Crippen LogP contribution in [0.2, 0.25) is 10.0 Å². The van der Waals surface area contributed by atoms with Crippen molar-refractivity contribution in [3.05, 3.63) is 22.3 Å². The Labute approximate surface area is 178 Å². The molecule has 4 bridgehead atoms. The van der Waals surface area contributed by atoms with Crippen molar-refractivity contribution in [2.24, 2.45) is 17.3 Å². The molecule has 0 aromatic carbocycles. The van der Waals surface area contributed by atoms with Crippen molar-refractivity contribution in [2.75, 3.05) is 11.9 Å². The van der Waals surface area contributed by atoms with Crippen LogP contribution in [0.25, 0.3) is 0 Å². The highest BCUT2D eigenvalue weighted by atomic mass is 35.5. The lowest BCUT2D eigenvalue weighted by Gasteiger charge is -2.60. The van der Waals surface area contributed by atoms with E-state index in [0.29, 0.717) is 23.3 Å². The first kappa shape index (κ1) is 20.4. The third-order valence-corrected chi connectivity index (χ3v) is 6.83. The molecule has 1 aromatic rings. The van der Waals surface area contributed by atoms with Gasteiger partial charge in [0.15, 0.2) is 12.4 Å². The standard InChI is InChI=1S/C20H23Cl2N3O4/c1-11(26)25-20-6-12-2-13(7-20)5-19(4-12,10-20)18(28)29-9-16(27)24-17-15(22)3-14(21)8-23-17/h3,8,12-13H,2,4-7,9-10H2,1H3,(H,25,26)(H,23,24,27)/t12-,13+,19?,20?. The van der Waals surface area contributed by atoms with Crippen LogP contribution in [0.15, 0.2) is 12.3 Å². The molecule has 0 aliphatic heterocycles. The Bertz CT molecular complexity index is 861. The van der Waals surface area contributed by atoms with Crippen LogP contribution in [0.5, 0.6) is 0 Å². The van der Waals surface area contributed by atoms with Crippen molar-refractivity contribution in [3.63, 3.8) is 0 Å². The number of rotatable bonds is 5. The highest BCUT2D eigenvalue weighted by molar-refractivity contribution is 6.36. The molecular weight excluding hydrogens is 417 g/mol. The molecule has 7 nitrogen and oxygen atoms in total. The Kier molecular flexibility index (Phi) is 5.23. The normalized spacial score (nSPS) is 32.0.